The highest BCUT2D eigenvalue weighted by molar-refractivity contribution is 5.98. The zero-order valence-electron chi connectivity index (χ0n) is 18.0. The van der Waals surface area contributed by atoms with Gasteiger partial charge in [-0.2, -0.15) is 15.0 Å². The number of likely N-dealkylation sites (tertiary alicyclic amines) is 1. The van der Waals surface area contributed by atoms with Crippen molar-refractivity contribution in [1.29, 1.82) is 0 Å². The van der Waals surface area contributed by atoms with Crippen molar-refractivity contribution < 1.29 is 4.79 Å². The maximum atomic E-state index is 13.7. The van der Waals surface area contributed by atoms with E-state index in [1.54, 1.807) is 12.4 Å². The zero-order valence-corrected chi connectivity index (χ0v) is 18.0. The molecule has 5 rings (SSSR count). The Labute approximate surface area is 182 Å². The second-order valence-electron chi connectivity index (χ2n) is 8.56. The molecule has 2 aromatic carbocycles. The van der Waals surface area contributed by atoms with Crippen molar-refractivity contribution >= 4 is 12.0 Å². The van der Waals surface area contributed by atoms with E-state index in [9.17, 15) is 4.79 Å². The number of carbonyl (C=O) groups is 1. The van der Waals surface area contributed by atoms with Gasteiger partial charge in [0.25, 0.3) is 5.91 Å². The molecule has 1 fully saturated rings. The third-order valence-electron chi connectivity index (χ3n) is 6.46. The molecule has 2 aliphatic heterocycles. The Bertz CT molecular complexity index is 1120. The molecular formula is C25H27N5O. The van der Waals surface area contributed by atoms with E-state index in [1.165, 1.54) is 15.9 Å². The minimum Gasteiger partial charge on any atom is -0.368 e. The first-order valence-electron chi connectivity index (χ1n) is 10.9. The van der Waals surface area contributed by atoms with Crippen LogP contribution >= 0.6 is 0 Å². The molecule has 2 atom stereocenters. The fraction of sp³-hybridized carbons (Fsp3) is 0.320. The van der Waals surface area contributed by atoms with Crippen LogP contribution in [0.25, 0.3) is 11.8 Å². The minimum absolute atomic E-state index is 0.0505. The molecule has 3 aromatic rings. The van der Waals surface area contributed by atoms with Gasteiger partial charge in [-0.05, 0) is 56.0 Å². The first-order chi connectivity index (χ1) is 15.1. The van der Waals surface area contributed by atoms with Crippen LogP contribution in [0.15, 0.2) is 61.1 Å². The third-order valence-corrected chi connectivity index (χ3v) is 6.46. The van der Waals surface area contributed by atoms with E-state index in [1.807, 2.05) is 30.0 Å². The number of nitrogens with zero attached hydrogens (tertiary/aromatic N) is 5. The van der Waals surface area contributed by atoms with Gasteiger partial charge < -0.3 is 9.80 Å². The number of carbonyl (C=O) groups excluding carboxylic acids is 1. The molecule has 1 aromatic heterocycles. The Kier molecular flexibility index (Phi) is 5.06. The lowest BCUT2D eigenvalue weighted by atomic mass is 9.95. The lowest BCUT2D eigenvalue weighted by Gasteiger charge is -2.43. The van der Waals surface area contributed by atoms with Gasteiger partial charge in [0.1, 0.15) is 0 Å². The van der Waals surface area contributed by atoms with E-state index < -0.39 is 0 Å². The molecule has 0 radical (unpaired) electrons. The summed E-state index contributed by atoms with van der Waals surface area (Å²) in [5.74, 6) is 0.0505. The van der Waals surface area contributed by atoms with Gasteiger partial charge in [-0.1, -0.05) is 35.9 Å². The molecule has 0 N–H and O–H groups in total. The molecule has 1 saturated heterocycles. The summed E-state index contributed by atoms with van der Waals surface area (Å²) in [6.45, 7) is 5.76. The lowest BCUT2D eigenvalue weighted by molar-refractivity contribution is 0.0494. The Morgan fingerprint density at radius 1 is 1.06 bits per heavy atom. The Morgan fingerprint density at radius 2 is 1.87 bits per heavy atom. The summed E-state index contributed by atoms with van der Waals surface area (Å²) in [5.41, 5.74) is 5.06. The number of aromatic nitrogens is 3. The van der Waals surface area contributed by atoms with Crippen LogP contribution in [0.4, 0.5) is 0 Å². The standard InChI is InChI=1S/C25H27N5O/c1-18-7-10-24(30-26-12-13-27-30)23(15-18)25(31)29-17-22(9-8-19(29)2)28-14-11-20-5-3-4-6-21(20)16-28/h3-7,10-15,19,22H,8-9,16-17H2,1-2H3. The number of aryl methyl sites for hydroxylation is 1. The Morgan fingerprint density at radius 3 is 2.71 bits per heavy atom. The number of benzene rings is 2. The van der Waals surface area contributed by atoms with E-state index in [0.717, 1.165) is 30.6 Å². The molecule has 6 nitrogen and oxygen atoms in total. The Hall–Kier alpha value is -3.41. The van der Waals surface area contributed by atoms with Crippen LogP contribution in [0.1, 0.15) is 46.8 Å². The smallest absolute Gasteiger partial charge is 0.256 e. The number of hydrogen-bond donors (Lipinski definition) is 0. The normalized spacial score (nSPS) is 20.6. The van der Waals surface area contributed by atoms with Crippen molar-refractivity contribution in [2.45, 2.75) is 45.3 Å². The molecule has 1 amide bonds. The van der Waals surface area contributed by atoms with Gasteiger partial charge in [0, 0.05) is 31.4 Å². The Balaban J connectivity index is 1.41. The molecule has 0 spiro atoms. The molecule has 0 aliphatic carbocycles. The molecule has 3 heterocycles. The second-order valence-corrected chi connectivity index (χ2v) is 8.56. The van der Waals surface area contributed by atoms with Crippen LogP contribution in [0.3, 0.4) is 0 Å². The number of rotatable bonds is 3. The summed E-state index contributed by atoms with van der Waals surface area (Å²) < 4.78 is 0. The van der Waals surface area contributed by atoms with Gasteiger partial charge in [0.05, 0.1) is 23.6 Å². The summed E-state index contributed by atoms with van der Waals surface area (Å²) >= 11 is 0. The molecule has 2 unspecified atom stereocenters. The SMILES string of the molecule is Cc1ccc(-n2nccn2)c(C(=O)N2CC(N3C=Cc4ccccc4C3)CCC2C)c1. The summed E-state index contributed by atoms with van der Waals surface area (Å²) in [5, 5.41) is 8.50. The predicted molar refractivity (Wildman–Crippen MR) is 121 cm³/mol. The molecular weight excluding hydrogens is 386 g/mol. The minimum atomic E-state index is 0.0505. The van der Waals surface area contributed by atoms with Crippen LogP contribution in [-0.2, 0) is 6.54 Å². The molecule has 6 heteroatoms. The number of fused-ring (bicyclic) bond motifs is 1. The first kappa shape index (κ1) is 19.5. The van der Waals surface area contributed by atoms with Crippen molar-refractivity contribution in [3.05, 3.63) is 83.3 Å². The fourth-order valence-electron chi connectivity index (χ4n) is 4.65. The largest absolute Gasteiger partial charge is 0.368 e. The van der Waals surface area contributed by atoms with Gasteiger partial charge in [0.2, 0.25) is 0 Å². The number of piperidine rings is 1. The summed E-state index contributed by atoms with van der Waals surface area (Å²) in [4.78, 5) is 19.7. The maximum Gasteiger partial charge on any atom is 0.256 e. The molecule has 0 saturated carbocycles. The van der Waals surface area contributed by atoms with Crippen LogP contribution < -0.4 is 0 Å². The van der Waals surface area contributed by atoms with Crippen LogP contribution in [0.5, 0.6) is 0 Å². The molecule has 158 valence electrons. The van der Waals surface area contributed by atoms with Crippen LogP contribution in [-0.4, -0.2) is 49.3 Å². The van der Waals surface area contributed by atoms with E-state index in [-0.39, 0.29) is 11.9 Å². The van der Waals surface area contributed by atoms with Crippen LogP contribution in [0, 0.1) is 6.92 Å². The van der Waals surface area contributed by atoms with Gasteiger partial charge >= 0.3 is 0 Å². The van der Waals surface area contributed by atoms with Crippen molar-refractivity contribution in [3.8, 4) is 5.69 Å². The molecule has 0 bridgehead atoms. The quantitative estimate of drug-likeness (QED) is 0.650. The average Bonchev–Trinajstić information content (AvgIpc) is 3.33. The highest BCUT2D eigenvalue weighted by atomic mass is 16.2. The summed E-state index contributed by atoms with van der Waals surface area (Å²) in [6, 6.07) is 14.9. The van der Waals surface area contributed by atoms with Crippen molar-refractivity contribution in [1.82, 2.24) is 24.8 Å². The zero-order chi connectivity index (χ0) is 21.4. The van der Waals surface area contributed by atoms with Gasteiger partial charge in [-0.15, -0.1) is 0 Å². The average molecular weight is 414 g/mol. The van der Waals surface area contributed by atoms with Gasteiger partial charge in [-0.3, -0.25) is 4.79 Å². The number of hydrogen-bond acceptors (Lipinski definition) is 4. The van der Waals surface area contributed by atoms with Crippen molar-refractivity contribution in [2.75, 3.05) is 6.54 Å². The highest BCUT2D eigenvalue weighted by Gasteiger charge is 2.33. The van der Waals surface area contributed by atoms with Crippen molar-refractivity contribution in [2.24, 2.45) is 0 Å². The topological polar surface area (TPSA) is 54.3 Å². The second kappa shape index (κ2) is 8.02. The molecule has 31 heavy (non-hydrogen) atoms. The third kappa shape index (κ3) is 3.74. The fourth-order valence-corrected chi connectivity index (χ4v) is 4.65. The van der Waals surface area contributed by atoms with E-state index in [2.05, 4.69) is 58.6 Å². The number of amides is 1. The van der Waals surface area contributed by atoms with E-state index in [0.29, 0.717) is 18.2 Å². The highest BCUT2D eigenvalue weighted by Crippen LogP contribution is 2.29. The predicted octanol–water partition coefficient (Wildman–Crippen LogP) is 4.06. The lowest BCUT2D eigenvalue weighted by Crippen LogP contribution is -2.52. The summed E-state index contributed by atoms with van der Waals surface area (Å²) in [7, 11) is 0. The van der Waals surface area contributed by atoms with Gasteiger partial charge in [0.15, 0.2) is 0 Å². The van der Waals surface area contributed by atoms with Gasteiger partial charge in [-0.25, -0.2) is 0 Å². The first-order valence-corrected chi connectivity index (χ1v) is 10.9. The summed E-state index contributed by atoms with van der Waals surface area (Å²) in [6.07, 6.45) is 9.72. The molecule has 2 aliphatic rings. The van der Waals surface area contributed by atoms with Crippen LogP contribution in [0.2, 0.25) is 0 Å². The van der Waals surface area contributed by atoms with E-state index in [4.69, 9.17) is 0 Å². The van der Waals surface area contributed by atoms with E-state index >= 15 is 0 Å². The monoisotopic (exact) mass is 413 g/mol. The maximum absolute atomic E-state index is 13.7. The van der Waals surface area contributed by atoms with Crippen molar-refractivity contribution in [3.63, 3.8) is 0 Å².